The lowest BCUT2D eigenvalue weighted by atomic mass is 9.97. The molecule has 0 amide bonds. The van der Waals surface area contributed by atoms with E-state index in [2.05, 4.69) is 21.4 Å². The van der Waals surface area contributed by atoms with Crippen molar-refractivity contribution in [3.05, 3.63) is 67.4 Å². The molecule has 1 unspecified atom stereocenters. The van der Waals surface area contributed by atoms with Gasteiger partial charge in [-0.05, 0) is 40.0 Å². The maximum atomic E-state index is 14.3. The summed E-state index contributed by atoms with van der Waals surface area (Å²) in [5.74, 6) is 5.06. The summed E-state index contributed by atoms with van der Waals surface area (Å²) in [6.07, 6.45) is 0. The van der Waals surface area contributed by atoms with Crippen LogP contribution in [0.4, 0.5) is 4.39 Å². The number of nitrogens with two attached hydrogens (primary N) is 1. The maximum Gasteiger partial charge on any atom is 0.148 e. The first-order valence-corrected chi connectivity index (χ1v) is 7.36. The SMILES string of the molecule is Cc1cccc(C(NN)c2ccc(Br)c(Cl)c2F)c1Cl. The van der Waals surface area contributed by atoms with E-state index in [1.165, 1.54) is 0 Å². The van der Waals surface area contributed by atoms with Gasteiger partial charge in [-0.2, -0.15) is 0 Å². The topological polar surface area (TPSA) is 38.0 Å². The summed E-state index contributed by atoms with van der Waals surface area (Å²) in [4.78, 5) is 0. The Balaban J connectivity index is 2.59. The molecule has 2 aromatic rings. The summed E-state index contributed by atoms with van der Waals surface area (Å²) in [5.41, 5.74) is 4.53. The van der Waals surface area contributed by atoms with E-state index in [9.17, 15) is 4.39 Å². The summed E-state index contributed by atoms with van der Waals surface area (Å²) in [7, 11) is 0. The highest BCUT2D eigenvalue weighted by Crippen LogP contribution is 2.35. The molecule has 0 aliphatic rings. The van der Waals surface area contributed by atoms with Crippen molar-refractivity contribution in [2.24, 2.45) is 5.84 Å². The Morgan fingerprint density at radius 1 is 1.15 bits per heavy atom. The Bertz CT molecular complexity index is 649. The fraction of sp³-hybridized carbons (Fsp3) is 0.143. The molecule has 0 heterocycles. The molecule has 2 aromatic carbocycles. The first-order valence-electron chi connectivity index (χ1n) is 5.82. The number of hydrogen-bond acceptors (Lipinski definition) is 2. The van der Waals surface area contributed by atoms with Crippen LogP contribution in [0.3, 0.4) is 0 Å². The number of hydrazine groups is 1. The summed E-state index contributed by atoms with van der Waals surface area (Å²) < 4.78 is 14.8. The lowest BCUT2D eigenvalue weighted by molar-refractivity contribution is 0.560. The van der Waals surface area contributed by atoms with Crippen LogP contribution in [-0.4, -0.2) is 0 Å². The molecular weight excluding hydrogens is 366 g/mol. The van der Waals surface area contributed by atoms with E-state index < -0.39 is 11.9 Å². The minimum Gasteiger partial charge on any atom is -0.271 e. The van der Waals surface area contributed by atoms with Crippen molar-refractivity contribution < 1.29 is 4.39 Å². The van der Waals surface area contributed by atoms with Crippen LogP contribution in [0.5, 0.6) is 0 Å². The molecule has 0 aliphatic carbocycles. The predicted molar refractivity (Wildman–Crippen MR) is 84.5 cm³/mol. The Hall–Kier alpha value is -0.650. The molecule has 0 spiro atoms. The van der Waals surface area contributed by atoms with Gasteiger partial charge in [0.2, 0.25) is 0 Å². The summed E-state index contributed by atoms with van der Waals surface area (Å²) in [5, 5.41) is 0.570. The number of nitrogens with one attached hydrogen (secondary N) is 1. The molecule has 2 rings (SSSR count). The molecule has 6 heteroatoms. The van der Waals surface area contributed by atoms with Crippen LogP contribution in [0.15, 0.2) is 34.8 Å². The fourth-order valence-corrected chi connectivity index (χ4v) is 2.72. The van der Waals surface area contributed by atoms with E-state index in [0.29, 0.717) is 20.6 Å². The van der Waals surface area contributed by atoms with Gasteiger partial charge in [-0.25, -0.2) is 9.82 Å². The van der Waals surface area contributed by atoms with Gasteiger partial charge in [0.25, 0.3) is 0 Å². The third-order valence-electron chi connectivity index (χ3n) is 3.08. The Labute approximate surface area is 135 Å². The third-order valence-corrected chi connectivity index (χ3v) is 4.85. The van der Waals surface area contributed by atoms with E-state index in [4.69, 9.17) is 29.0 Å². The zero-order valence-electron chi connectivity index (χ0n) is 10.6. The second-order valence-electron chi connectivity index (χ2n) is 4.34. The number of hydrogen-bond donors (Lipinski definition) is 2. The summed E-state index contributed by atoms with van der Waals surface area (Å²) >= 11 is 15.4. The van der Waals surface area contributed by atoms with E-state index in [0.717, 1.165) is 5.56 Å². The summed E-state index contributed by atoms with van der Waals surface area (Å²) in [6.45, 7) is 1.88. The van der Waals surface area contributed by atoms with Gasteiger partial charge < -0.3 is 0 Å². The lowest BCUT2D eigenvalue weighted by Gasteiger charge is -2.20. The van der Waals surface area contributed by atoms with E-state index in [-0.39, 0.29) is 5.02 Å². The molecule has 0 fully saturated rings. The molecule has 3 N–H and O–H groups in total. The highest BCUT2D eigenvalue weighted by Gasteiger charge is 2.22. The lowest BCUT2D eigenvalue weighted by Crippen LogP contribution is -2.30. The van der Waals surface area contributed by atoms with Crippen LogP contribution in [0.25, 0.3) is 0 Å². The molecule has 1 atom stereocenters. The van der Waals surface area contributed by atoms with Crippen molar-refractivity contribution in [1.82, 2.24) is 5.43 Å². The third kappa shape index (κ3) is 2.85. The Morgan fingerprint density at radius 3 is 2.50 bits per heavy atom. The van der Waals surface area contributed by atoms with Crippen LogP contribution >= 0.6 is 39.1 Å². The largest absolute Gasteiger partial charge is 0.271 e. The molecule has 0 aromatic heterocycles. The highest BCUT2D eigenvalue weighted by molar-refractivity contribution is 9.10. The first kappa shape index (κ1) is 15.7. The van der Waals surface area contributed by atoms with Gasteiger partial charge in [-0.1, -0.05) is 47.5 Å². The molecular formula is C14H12BrCl2FN2. The molecule has 0 bridgehead atoms. The summed E-state index contributed by atoms with van der Waals surface area (Å²) in [6, 6.07) is 8.25. The van der Waals surface area contributed by atoms with Crippen molar-refractivity contribution in [3.8, 4) is 0 Å². The van der Waals surface area contributed by atoms with E-state index in [1.807, 2.05) is 19.1 Å². The van der Waals surface area contributed by atoms with Crippen LogP contribution < -0.4 is 11.3 Å². The van der Waals surface area contributed by atoms with Crippen molar-refractivity contribution in [1.29, 1.82) is 0 Å². The van der Waals surface area contributed by atoms with Gasteiger partial charge in [0.05, 0.1) is 11.1 Å². The molecule has 20 heavy (non-hydrogen) atoms. The quantitative estimate of drug-likeness (QED) is 0.460. The zero-order chi connectivity index (χ0) is 14.9. The van der Waals surface area contributed by atoms with E-state index >= 15 is 0 Å². The average molecular weight is 378 g/mol. The van der Waals surface area contributed by atoms with E-state index in [1.54, 1.807) is 18.2 Å². The second kappa shape index (κ2) is 6.41. The molecule has 0 saturated carbocycles. The standard InChI is InChI=1S/C14H12BrCl2FN2/c1-7-3-2-4-8(11(7)16)14(20-19)9-5-6-10(15)12(17)13(9)18/h2-6,14,20H,19H2,1H3. The fourth-order valence-electron chi connectivity index (χ4n) is 2.00. The number of benzene rings is 2. The van der Waals surface area contributed by atoms with Gasteiger partial charge in [0.1, 0.15) is 5.82 Å². The minimum atomic E-state index is -0.576. The monoisotopic (exact) mass is 376 g/mol. The van der Waals surface area contributed by atoms with Crippen molar-refractivity contribution in [2.75, 3.05) is 0 Å². The minimum absolute atomic E-state index is 0.0199. The average Bonchev–Trinajstić information content (AvgIpc) is 2.44. The van der Waals surface area contributed by atoms with Crippen LogP contribution in [0, 0.1) is 12.7 Å². The molecule has 106 valence electrons. The van der Waals surface area contributed by atoms with Crippen molar-refractivity contribution in [2.45, 2.75) is 13.0 Å². The van der Waals surface area contributed by atoms with Gasteiger partial charge >= 0.3 is 0 Å². The molecule has 0 saturated heterocycles. The molecule has 0 aliphatic heterocycles. The van der Waals surface area contributed by atoms with Crippen molar-refractivity contribution >= 4 is 39.1 Å². The number of rotatable bonds is 3. The van der Waals surface area contributed by atoms with Crippen LogP contribution in [0.1, 0.15) is 22.7 Å². The molecule has 2 nitrogen and oxygen atoms in total. The van der Waals surface area contributed by atoms with Crippen LogP contribution in [0.2, 0.25) is 10.0 Å². The normalized spacial score (nSPS) is 12.5. The second-order valence-corrected chi connectivity index (χ2v) is 5.95. The predicted octanol–water partition coefficient (Wildman–Crippen LogP) is 4.76. The molecule has 0 radical (unpaired) electrons. The maximum absolute atomic E-state index is 14.3. The van der Waals surface area contributed by atoms with Gasteiger partial charge in [-0.3, -0.25) is 5.84 Å². The Kier molecular flexibility index (Phi) is 5.04. The smallest absolute Gasteiger partial charge is 0.148 e. The van der Waals surface area contributed by atoms with Crippen molar-refractivity contribution in [3.63, 3.8) is 0 Å². The number of halogens is 4. The zero-order valence-corrected chi connectivity index (χ0v) is 13.7. The van der Waals surface area contributed by atoms with Crippen LogP contribution in [-0.2, 0) is 0 Å². The van der Waals surface area contributed by atoms with Gasteiger partial charge in [0, 0.05) is 15.1 Å². The van der Waals surface area contributed by atoms with Gasteiger partial charge in [0.15, 0.2) is 0 Å². The first-order chi connectivity index (χ1) is 9.47. The Morgan fingerprint density at radius 2 is 1.85 bits per heavy atom. The van der Waals surface area contributed by atoms with Gasteiger partial charge in [-0.15, -0.1) is 0 Å². The number of aryl methyl sites for hydroxylation is 1. The highest BCUT2D eigenvalue weighted by atomic mass is 79.9.